The molecule has 0 aliphatic carbocycles. The van der Waals surface area contributed by atoms with Gasteiger partial charge in [-0.15, -0.1) is 0 Å². The van der Waals surface area contributed by atoms with Gasteiger partial charge in [0.05, 0.1) is 0 Å². The fraction of sp³-hybridized carbons (Fsp3) is 0.167. The van der Waals surface area contributed by atoms with Crippen LogP contribution in [0.15, 0.2) is 30.6 Å². The molecule has 6 heteroatoms. The van der Waals surface area contributed by atoms with Gasteiger partial charge in [0.15, 0.2) is 11.5 Å². The van der Waals surface area contributed by atoms with Gasteiger partial charge < -0.3 is 10.4 Å². The minimum absolute atomic E-state index is 0.0345. The number of pyridine rings is 1. The molecule has 0 amide bonds. The number of rotatable bonds is 4. The van der Waals surface area contributed by atoms with Crippen molar-refractivity contribution in [1.82, 2.24) is 15.0 Å². The number of aromatic nitrogens is 3. The number of hydrogen-bond donors (Lipinski definition) is 2. The molecule has 2 heterocycles. The largest absolute Gasteiger partial charge is 0.477 e. The van der Waals surface area contributed by atoms with Crippen LogP contribution in [0.5, 0.6) is 0 Å². The summed E-state index contributed by atoms with van der Waals surface area (Å²) in [5.41, 5.74) is 0.694. The van der Waals surface area contributed by atoms with E-state index in [2.05, 4.69) is 20.3 Å². The molecule has 2 aromatic heterocycles. The molecule has 6 nitrogen and oxygen atoms in total. The van der Waals surface area contributed by atoms with Gasteiger partial charge in [0, 0.05) is 30.6 Å². The van der Waals surface area contributed by atoms with Gasteiger partial charge in [0.1, 0.15) is 5.82 Å². The van der Waals surface area contributed by atoms with E-state index in [4.69, 9.17) is 5.11 Å². The lowest BCUT2D eigenvalue weighted by molar-refractivity contribution is 0.0690. The summed E-state index contributed by atoms with van der Waals surface area (Å²) in [6.45, 7) is 2.57. The molecule has 0 fully saturated rings. The van der Waals surface area contributed by atoms with Crippen LogP contribution in [0.25, 0.3) is 11.4 Å². The number of anilines is 1. The monoisotopic (exact) mass is 244 g/mol. The molecule has 0 spiro atoms. The highest BCUT2D eigenvalue weighted by molar-refractivity contribution is 5.86. The Morgan fingerprint density at radius 2 is 2.06 bits per heavy atom. The number of carboxylic acids is 1. The molecule has 18 heavy (non-hydrogen) atoms. The molecule has 0 aliphatic rings. The SMILES string of the molecule is CCNc1cc(C(=O)O)nc(-c2ccncc2)n1. The van der Waals surface area contributed by atoms with E-state index in [0.29, 0.717) is 18.2 Å². The molecule has 0 aromatic carbocycles. The quantitative estimate of drug-likeness (QED) is 0.850. The number of carboxylic acid groups (broad SMARTS) is 1. The Morgan fingerprint density at radius 1 is 1.33 bits per heavy atom. The number of carbonyl (C=O) groups is 1. The highest BCUT2D eigenvalue weighted by atomic mass is 16.4. The van der Waals surface area contributed by atoms with Gasteiger partial charge in [-0.3, -0.25) is 4.98 Å². The van der Waals surface area contributed by atoms with Crippen molar-refractivity contribution in [3.8, 4) is 11.4 Å². The van der Waals surface area contributed by atoms with Crippen LogP contribution in [0.1, 0.15) is 17.4 Å². The van der Waals surface area contributed by atoms with Crippen LogP contribution < -0.4 is 5.32 Å². The van der Waals surface area contributed by atoms with E-state index in [1.165, 1.54) is 6.07 Å². The number of nitrogens with zero attached hydrogens (tertiary/aromatic N) is 3. The maximum Gasteiger partial charge on any atom is 0.354 e. The second-order valence-electron chi connectivity index (χ2n) is 3.53. The van der Waals surface area contributed by atoms with E-state index >= 15 is 0 Å². The van der Waals surface area contributed by atoms with E-state index in [0.717, 1.165) is 5.56 Å². The van der Waals surface area contributed by atoms with Gasteiger partial charge in [0.2, 0.25) is 0 Å². The Kier molecular flexibility index (Phi) is 3.47. The Bertz CT molecular complexity index is 557. The Hall–Kier alpha value is -2.50. The molecule has 2 N–H and O–H groups in total. The summed E-state index contributed by atoms with van der Waals surface area (Å²) in [6, 6.07) is 4.88. The van der Waals surface area contributed by atoms with E-state index < -0.39 is 5.97 Å². The molecule has 0 saturated carbocycles. The summed E-state index contributed by atoms with van der Waals surface area (Å²) >= 11 is 0. The molecule has 92 valence electrons. The Labute approximate surface area is 104 Å². The third-order valence-electron chi connectivity index (χ3n) is 2.24. The number of nitrogens with one attached hydrogen (secondary N) is 1. The van der Waals surface area contributed by atoms with E-state index in [1.54, 1.807) is 24.5 Å². The molecular formula is C12H12N4O2. The molecule has 0 radical (unpaired) electrons. The molecule has 2 aromatic rings. The van der Waals surface area contributed by atoms with Crippen LogP contribution in [-0.4, -0.2) is 32.6 Å². The summed E-state index contributed by atoms with van der Waals surface area (Å²) in [5, 5.41) is 12.0. The van der Waals surface area contributed by atoms with Gasteiger partial charge in [-0.05, 0) is 19.1 Å². The fourth-order valence-corrected chi connectivity index (χ4v) is 1.46. The van der Waals surface area contributed by atoms with Gasteiger partial charge in [0.25, 0.3) is 0 Å². The first-order valence-corrected chi connectivity index (χ1v) is 5.47. The lowest BCUT2D eigenvalue weighted by Gasteiger charge is -2.06. The average molecular weight is 244 g/mol. The molecular weight excluding hydrogens is 232 g/mol. The number of hydrogen-bond acceptors (Lipinski definition) is 5. The van der Waals surface area contributed by atoms with E-state index in [9.17, 15) is 4.79 Å². The minimum atomic E-state index is -1.08. The maximum atomic E-state index is 11.0. The van der Waals surface area contributed by atoms with Crippen molar-refractivity contribution in [3.05, 3.63) is 36.3 Å². The zero-order valence-electron chi connectivity index (χ0n) is 9.79. The standard InChI is InChI=1S/C12H12N4O2/c1-2-14-10-7-9(12(17)18)15-11(16-10)8-3-5-13-6-4-8/h3-7H,2H2,1H3,(H,17,18)(H,14,15,16). The van der Waals surface area contributed by atoms with Crippen LogP contribution in [-0.2, 0) is 0 Å². The summed E-state index contributed by atoms with van der Waals surface area (Å²) in [6.07, 6.45) is 3.22. The summed E-state index contributed by atoms with van der Waals surface area (Å²) in [5.74, 6) is -0.211. The van der Waals surface area contributed by atoms with Crippen LogP contribution in [0.3, 0.4) is 0 Å². The first-order chi connectivity index (χ1) is 8.70. The zero-order chi connectivity index (χ0) is 13.0. The van der Waals surface area contributed by atoms with Crippen molar-refractivity contribution >= 4 is 11.8 Å². The minimum Gasteiger partial charge on any atom is -0.477 e. The first kappa shape index (κ1) is 12.0. The van der Waals surface area contributed by atoms with Crippen molar-refractivity contribution in [2.75, 3.05) is 11.9 Å². The Balaban J connectivity index is 2.50. The highest BCUT2D eigenvalue weighted by Crippen LogP contribution is 2.17. The van der Waals surface area contributed by atoms with Gasteiger partial charge in [-0.1, -0.05) is 0 Å². The van der Waals surface area contributed by atoms with Crippen molar-refractivity contribution in [2.45, 2.75) is 6.92 Å². The lowest BCUT2D eigenvalue weighted by Crippen LogP contribution is -2.07. The molecule has 0 atom stereocenters. The topological polar surface area (TPSA) is 88.0 Å². The zero-order valence-corrected chi connectivity index (χ0v) is 9.79. The molecule has 0 unspecified atom stereocenters. The van der Waals surface area contributed by atoms with Crippen LogP contribution in [0.2, 0.25) is 0 Å². The second kappa shape index (κ2) is 5.22. The summed E-state index contributed by atoms with van der Waals surface area (Å²) in [7, 11) is 0. The molecule has 0 saturated heterocycles. The van der Waals surface area contributed by atoms with E-state index in [1.807, 2.05) is 6.92 Å². The summed E-state index contributed by atoms with van der Waals surface area (Å²) < 4.78 is 0. The van der Waals surface area contributed by atoms with Crippen LogP contribution in [0, 0.1) is 0 Å². The van der Waals surface area contributed by atoms with Gasteiger partial charge in [-0.25, -0.2) is 14.8 Å². The lowest BCUT2D eigenvalue weighted by atomic mass is 10.2. The Morgan fingerprint density at radius 3 is 2.67 bits per heavy atom. The number of aromatic carboxylic acids is 1. The highest BCUT2D eigenvalue weighted by Gasteiger charge is 2.11. The van der Waals surface area contributed by atoms with Gasteiger partial charge in [-0.2, -0.15) is 0 Å². The molecule has 0 bridgehead atoms. The second-order valence-corrected chi connectivity index (χ2v) is 3.53. The molecule has 0 aliphatic heterocycles. The molecule has 2 rings (SSSR count). The van der Waals surface area contributed by atoms with Gasteiger partial charge >= 0.3 is 5.97 Å². The van der Waals surface area contributed by atoms with Crippen molar-refractivity contribution in [1.29, 1.82) is 0 Å². The van der Waals surface area contributed by atoms with E-state index in [-0.39, 0.29) is 5.69 Å². The third kappa shape index (κ3) is 2.60. The predicted molar refractivity (Wildman–Crippen MR) is 66.4 cm³/mol. The third-order valence-corrected chi connectivity index (χ3v) is 2.24. The normalized spacial score (nSPS) is 10.1. The predicted octanol–water partition coefficient (Wildman–Crippen LogP) is 1.67. The van der Waals surface area contributed by atoms with Crippen molar-refractivity contribution < 1.29 is 9.90 Å². The van der Waals surface area contributed by atoms with Crippen molar-refractivity contribution in [3.63, 3.8) is 0 Å². The average Bonchev–Trinajstić information content (AvgIpc) is 2.40. The summed E-state index contributed by atoms with van der Waals surface area (Å²) in [4.78, 5) is 23.2. The maximum absolute atomic E-state index is 11.0. The van der Waals surface area contributed by atoms with Crippen LogP contribution >= 0.6 is 0 Å². The first-order valence-electron chi connectivity index (χ1n) is 5.47. The fourth-order valence-electron chi connectivity index (χ4n) is 1.46. The van der Waals surface area contributed by atoms with Crippen molar-refractivity contribution in [2.24, 2.45) is 0 Å². The smallest absolute Gasteiger partial charge is 0.354 e. The van der Waals surface area contributed by atoms with Crippen LogP contribution in [0.4, 0.5) is 5.82 Å².